The molecule has 1 aromatic heterocycles. The Bertz CT molecular complexity index is 907. The number of hydrogen-bond acceptors (Lipinski definition) is 4. The van der Waals surface area contributed by atoms with Crippen molar-refractivity contribution >= 4 is 23.8 Å². The van der Waals surface area contributed by atoms with Gasteiger partial charge in [-0.2, -0.15) is 0 Å². The number of fused-ring (bicyclic) bond motifs is 1. The molecule has 1 aliphatic carbocycles. The molecule has 0 bridgehead atoms. The normalized spacial score (nSPS) is 15.0. The molecule has 1 unspecified atom stereocenters. The second-order valence-electron chi connectivity index (χ2n) is 6.93. The Morgan fingerprint density at radius 1 is 1.03 bits per heavy atom. The van der Waals surface area contributed by atoms with E-state index in [9.17, 15) is 14.7 Å². The Kier molecular flexibility index (Phi) is 7.16. The van der Waals surface area contributed by atoms with Crippen LogP contribution in [0.5, 0.6) is 0 Å². The zero-order chi connectivity index (χ0) is 20.5. The number of anilines is 1. The fourth-order valence-corrected chi connectivity index (χ4v) is 3.32. The number of aliphatic carboxylic acids is 1. The summed E-state index contributed by atoms with van der Waals surface area (Å²) in [6.45, 7) is 1.28. The highest BCUT2D eigenvalue weighted by atomic mass is 16.4. The first kappa shape index (κ1) is 20.3. The minimum atomic E-state index is -0.854. The van der Waals surface area contributed by atoms with Gasteiger partial charge in [-0.15, -0.1) is 0 Å². The van der Waals surface area contributed by atoms with Crippen LogP contribution < -0.4 is 10.6 Å². The topological polar surface area (TPSA) is 91.3 Å². The maximum absolute atomic E-state index is 12.3. The molecule has 0 saturated heterocycles. The molecule has 6 heteroatoms. The summed E-state index contributed by atoms with van der Waals surface area (Å²) >= 11 is 0. The predicted octanol–water partition coefficient (Wildman–Crippen LogP) is 3.60. The first-order valence-electron chi connectivity index (χ1n) is 9.73. The van der Waals surface area contributed by atoms with Crippen LogP contribution in [0.3, 0.4) is 0 Å². The molecule has 150 valence electrons. The maximum atomic E-state index is 12.3. The smallest absolute Gasteiger partial charge is 0.304 e. The number of benzene rings is 1. The number of rotatable bonds is 9. The number of carbonyl (C=O) groups is 2. The van der Waals surface area contributed by atoms with E-state index >= 15 is 0 Å². The number of aromatic nitrogens is 1. The predicted molar refractivity (Wildman–Crippen MR) is 114 cm³/mol. The van der Waals surface area contributed by atoms with Crippen molar-refractivity contribution < 1.29 is 14.7 Å². The Morgan fingerprint density at radius 2 is 1.86 bits per heavy atom. The summed E-state index contributed by atoms with van der Waals surface area (Å²) in [5, 5.41) is 15.4. The van der Waals surface area contributed by atoms with Gasteiger partial charge in [-0.3, -0.25) is 9.59 Å². The second kappa shape index (κ2) is 10.2. The monoisotopic (exact) mass is 391 g/mol. The Balaban J connectivity index is 1.51. The lowest BCUT2D eigenvalue weighted by atomic mass is 9.91. The van der Waals surface area contributed by atoms with Crippen LogP contribution in [0.1, 0.15) is 36.3 Å². The van der Waals surface area contributed by atoms with Crippen molar-refractivity contribution in [3.05, 3.63) is 77.5 Å². The molecule has 0 spiro atoms. The van der Waals surface area contributed by atoms with Crippen LogP contribution in [0.2, 0.25) is 0 Å². The van der Waals surface area contributed by atoms with Gasteiger partial charge < -0.3 is 15.7 Å². The Labute approximate surface area is 170 Å². The van der Waals surface area contributed by atoms with Crippen molar-refractivity contribution in [3.8, 4) is 0 Å². The lowest BCUT2D eigenvalue weighted by Gasteiger charge is -2.13. The molecule has 0 saturated carbocycles. The van der Waals surface area contributed by atoms with Gasteiger partial charge in [-0.05, 0) is 35.3 Å². The third-order valence-electron chi connectivity index (χ3n) is 4.69. The quantitative estimate of drug-likeness (QED) is 0.568. The Hall–Kier alpha value is -3.41. The first-order chi connectivity index (χ1) is 14.1. The molecule has 0 fully saturated rings. The number of carboxylic acid groups (broad SMARTS) is 1. The van der Waals surface area contributed by atoms with E-state index in [2.05, 4.69) is 15.6 Å². The summed E-state index contributed by atoms with van der Waals surface area (Å²) in [7, 11) is 0. The summed E-state index contributed by atoms with van der Waals surface area (Å²) in [6.07, 6.45) is 8.50. The van der Waals surface area contributed by atoms with Crippen molar-refractivity contribution in [1.29, 1.82) is 0 Å². The zero-order valence-corrected chi connectivity index (χ0v) is 16.2. The highest BCUT2D eigenvalue weighted by molar-refractivity contribution is 5.80. The van der Waals surface area contributed by atoms with Crippen molar-refractivity contribution in [1.82, 2.24) is 10.3 Å². The third-order valence-corrected chi connectivity index (χ3v) is 4.69. The summed E-state index contributed by atoms with van der Waals surface area (Å²) in [5.74, 6) is -0.355. The van der Waals surface area contributed by atoms with E-state index in [-0.39, 0.29) is 24.7 Å². The molecule has 1 heterocycles. The average molecular weight is 391 g/mol. The third kappa shape index (κ3) is 6.31. The molecule has 3 N–H and O–H groups in total. The second-order valence-corrected chi connectivity index (χ2v) is 6.93. The molecule has 29 heavy (non-hydrogen) atoms. The van der Waals surface area contributed by atoms with E-state index in [0.29, 0.717) is 6.54 Å². The van der Waals surface area contributed by atoms with Gasteiger partial charge in [-0.25, -0.2) is 4.98 Å². The van der Waals surface area contributed by atoms with Crippen LogP contribution in [-0.2, 0) is 9.59 Å². The van der Waals surface area contributed by atoms with Gasteiger partial charge in [0.05, 0.1) is 12.8 Å². The molecule has 1 aliphatic rings. The van der Waals surface area contributed by atoms with E-state index in [1.807, 2.05) is 60.7 Å². The van der Waals surface area contributed by atoms with Crippen LogP contribution in [0.15, 0.2) is 66.4 Å². The number of carboxylic acids is 1. The largest absolute Gasteiger partial charge is 0.481 e. The van der Waals surface area contributed by atoms with Gasteiger partial charge in [0.25, 0.3) is 0 Å². The number of hydrogen-bond donors (Lipinski definition) is 3. The van der Waals surface area contributed by atoms with Crippen LogP contribution in [0, 0.1) is 0 Å². The SMILES string of the molecule is O=C(O)CC1C=C(CC(=O)NCCCNc2ccccn2)C=Cc2ccccc21. The van der Waals surface area contributed by atoms with E-state index in [1.165, 1.54) is 0 Å². The summed E-state index contributed by atoms with van der Waals surface area (Å²) < 4.78 is 0. The molecule has 3 rings (SSSR count). The summed E-state index contributed by atoms with van der Waals surface area (Å²) in [5.41, 5.74) is 2.80. The van der Waals surface area contributed by atoms with E-state index in [0.717, 1.165) is 35.5 Å². The van der Waals surface area contributed by atoms with Crippen molar-refractivity contribution in [2.45, 2.75) is 25.2 Å². The molecule has 6 nitrogen and oxygen atoms in total. The van der Waals surface area contributed by atoms with E-state index < -0.39 is 5.97 Å². The van der Waals surface area contributed by atoms with Gasteiger partial charge in [0.1, 0.15) is 5.82 Å². The molecule has 0 aliphatic heterocycles. The lowest BCUT2D eigenvalue weighted by molar-refractivity contribution is -0.137. The van der Waals surface area contributed by atoms with Crippen LogP contribution >= 0.6 is 0 Å². The molecular formula is C23H25N3O3. The molecule has 1 amide bonds. The minimum absolute atomic E-state index is 0.00298. The van der Waals surface area contributed by atoms with Crippen molar-refractivity contribution in [2.75, 3.05) is 18.4 Å². The number of pyridine rings is 1. The molecule has 1 aromatic carbocycles. The number of allylic oxidation sites excluding steroid dienone is 2. The fraction of sp³-hybridized carbons (Fsp3) is 0.261. The summed E-state index contributed by atoms with van der Waals surface area (Å²) in [6, 6.07) is 13.4. The zero-order valence-electron chi connectivity index (χ0n) is 16.2. The van der Waals surface area contributed by atoms with Gasteiger partial charge in [-0.1, -0.05) is 48.6 Å². The van der Waals surface area contributed by atoms with Gasteiger partial charge >= 0.3 is 5.97 Å². The highest BCUT2D eigenvalue weighted by Crippen LogP contribution is 2.31. The van der Waals surface area contributed by atoms with E-state index in [4.69, 9.17) is 0 Å². The van der Waals surface area contributed by atoms with Crippen LogP contribution in [0.4, 0.5) is 5.82 Å². The lowest BCUT2D eigenvalue weighted by Crippen LogP contribution is -2.26. The first-order valence-corrected chi connectivity index (χ1v) is 9.73. The minimum Gasteiger partial charge on any atom is -0.481 e. The average Bonchev–Trinajstić information content (AvgIpc) is 2.88. The Morgan fingerprint density at radius 3 is 2.66 bits per heavy atom. The van der Waals surface area contributed by atoms with Crippen molar-refractivity contribution in [3.63, 3.8) is 0 Å². The molecule has 0 radical (unpaired) electrons. The van der Waals surface area contributed by atoms with Gasteiger partial charge in [0.15, 0.2) is 0 Å². The summed E-state index contributed by atoms with van der Waals surface area (Å²) in [4.78, 5) is 27.8. The number of nitrogens with one attached hydrogen (secondary N) is 2. The number of amides is 1. The maximum Gasteiger partial charge on any atom is 0.304 e. The van der Waals surface area contributed by atoms with Crippen LogP contribution in [-0.4, -0.2) is 35.1 Å². The number of nitrogens with zero attached hydrogens (tertiary/aromatic N) is 1. The van der Waals surface area contributed by atoms with Crippen molar-refractivity contribution in [2.24, 2.45) is 0 Å². The molecule has 2 aromatic rings. The fourth-order valence-electron chi connectivity index (χ4n) is 3.32. The van der Waals surface area contributed by atoms with Gasteiger partial charge in [0, 0.05) is 25.2 Å². The van der Waals surface area contributed by atoms with Crippen LogP contribution in [0.25, 0.3) is 6.08 Å². The molecule has 1 atom stereocenters. The van der Waals surface area contributed by atoms with Gasteiger partial charge in [0.2, 0.25) is 5.91 Å². The molecular weight excluding hydrogens is 366 g/mol. The van der Waals surface area contributed by atoms with E-state index in [1.54, 1.807) is 6.20 Å². The highest BCUT2D eigenvalue weighted by Gasteiger charge is 2.19. The number of carbonyl (C=O) groups excluding carboxylic acids is 1. The standard InChI is InChI=1S/C23H25N3O3/c27-22(26-13-5-12-25-21-8-3-4-11-24-21)15-17-9-10-18-6-1-2-7-20(18)19(14-17)16-23(28)29/h1-4,6-11,14,19H,5,12-13,15-16H2,(H,24,25)(H,26,27)(H,28,29).